The molecule has 1 aliphatic rings. The van der Waals surface area contributed by atoms with Crippen LogP contribution in [0.4, 0.5) is 0 Å². The molecule has 3 heterocycles. The van der Waals surface area contributed by atoms with Gasteiger partial charge in [0.25, 0.3) is 0 Å². The second-order valence-corrected chi connectivity index (χ2v) is 6.29. The number of hydrogen-bond acceptors (Lipinski definition) is 4. The van der Waals surface area contributed by atoms with Crippen molar-refractivity contribution in [3.63, 3.8) is 0 Å². The first kappa shape index (κ1) is 16.0. The molecule has 0 N–H and O–H groups in total. The molecule has 0 saturated heterocycles. The molecule has 4 rings (SSSR count). The number of nitrogens with zero attached hydrogens (tertiary/aromatic N) is 3. The van der Waals surface area contributed by atoms with E-state index >= 15 is 0 Å². The van der Waals surface area contributed by atoms with Gasteiger partial charge in [-0.25, -0.2) is 0 Å². The van der Waals surface area contributed by atoms with E-state index < -0.39 is 0 Å². The molecule has 0 saturated carbocycles. The van der Waals surface area contributed by atoms with Gasteiger partial charge in [-0.2, -0.15) is 5.10 Å². The zero-order valence-electron chi connectivity index (χ0n) is 13.7. The molecule has 1 aliphatic heterocycles. The molecular formula is C19H18ClN3O2. The normalized spacial score (nSPS) is 13.5. The quantitative estimate of drug-likeness (QED) is 0.709. The summed E-state index contributed by atoms with van der Waals surface area (Å²) in [6.07, 6.45) is 7.08. The van der Waals surface area contributed by atoms with Crippen LogP contribution in [0.5, 0.6) is 11.5 Å². The Labute approximate surface area is 151 Å². The Morgan fingerprint density at radius 2 is 2.04 bits per heavy atom. The van der Waals surface area contributed by atoms with E-state index in [-0.39, 0.29) is 0 Å². The van der Waals surface area contributed by atoms with Gasteiger partial charge in [0.15, 0.2) is 11.5 Å². The predicted molar refractivity (Wildman–Crippen MR) is 96.2 cm³/mol. The molecule has 0 amide bonds. The van der Waals surface area contributed by atoms with Gasteiger partial charge in [0.05, 0.1) is 23.9 Å². The van der Waals surface area contributed by atoms with Crippen molar-refractivity contribution in [2.45, 2.75) is 19.4 Å². The van der Waals surface area contributed by atoms with Crippen molar-refractivity contribution in [2.24, 2.45) is 0 Å². The lowest BCUT2D eigenvalue weighted by atomic mass is 10.1. The first-order valence-electron chi connectivity index (χ1n) is 8.31. The minimum absolute atomic E-state index is 0.599. The van der Waals surface area contributed by atoms with Crippen LogP contribution >= 0.6 is 11.6 Å². The first-order valence-corrected chi connectivity index (χ1v) is 8.69. The summed E-state index contributed by atoms with van der Waals surface area (Å²) < 4.78 is 13.4. The number of aryl methyl sites for hydroxylation is 2. The van der Waals surface area contributed by atoms with E-state index in [1.54, 1.807) is 6.20 Å². The smallest absolute Gasteiger partial charge is 0.179 e. The minimum atomic E-state index is 0.599. The topological polar surface area (TPSA) is 49.2 Å². The highest BCUT2D eigenvalue weighted by Crippen LogP contribution is 2.38. The first-order chi connectivity index (χ1) is 12.3. The van der Waals surface area contributed by atoms with E-state index in [0.717, 1.165) is 42.0 Å². The number of pyridine rings is 1. The van der Waals surface area contributed by atoms with Crippen LogP contribution in [0.3, 0.4) is 0 Å². The second-order valence-electron chi connectivity index (χ2n) is 5.89. The molecule has 5 nitrogen and oxygen atoms in total. The molecule has 3 aromatic rings. The Kier molecular flexibility index (Phi) is 4.57. The van der Waals surface area contributed by atoms with E-state index in [1.807, 2.05) is 47.4 Å². The van der Waals surface area contributed by atoms with Crippen LogP contribution < -0.4 is 9.47 Å². The molecule has 128 valence electrons. The van der Waals surface area contributed by atoms with Gasteiger partial charge in [-0.05, 0) is 42.3 Å². The van der Waals surface area contributed by atoms with E-state index in [1.165, 1.54) is 0 Å². The SMILES string of the molecule is Clc1cc(CCn2nccc2-c2cccnc2)cc2c1OCCCO2. The van der Waals surface area contributed by atoms with Crippen LogP contribution in [0.2, 0.25) is 5.02 Å². The van der Waals surface area contributed by atoms with Gasteiger partial charge in [0.2, 0.25) is 0 Å². The maximum atomic E-state index is 6.37. The fourth-order valence-corrected chi connectivity index (χ4v) is 3.22. The van der Waals surface area contributed by atoms with Gasteiger partial charge < -0.3 is 9.47 Å². The van der Waals surface area contributed by atoms with Crippen LogP contribution in [-0.4, -0.2) is 28.0 Å². The van der Waals surface area contributed by atoms with Gasteiger partial charge >= 0.3 is 0 Å². The Morgan fingerprint density at radius 3 is 2.92 bits per heavy atom. The van der Waals surface area contributed by atoms with Crippen LogP contribution in [0.25, 0.3) is 11.3 Å². The van der Waals surface area contributed by atoms with Gasteiger partial charge in [-0.3, -0.25) is 9.67 Å². The second kappa shape index (κ2) is 7.15. The number of halogens is 1. The summed E-state index contributed by atoms with van der Waals surface area (Å²) in [5, 5.41) is 5.03. The van der Waals surface area contributed by atoms with Crippen molar-refractivity contribution < 1.29 is 9.47 Å². The molecular weight excluding hydrogens is 338 g/mol. The summed E-state index contributed by atoms with van der Waals surface area (Å²) in [7, 11) is 0. The van der Waals surface area contributed by atoms with Crippen molar-refractivity contribution >= 4 is 11.6 Å². The lowest BCUT2D eigenvalue weighted by Gasteiger charge is -2.12. The number of benzene rings is 1. The van der Waals surface area contributed by atoms with Crippen molar-refractivity contribution in [1.82, 2.24) is 14.8 Å². The lowest BCUT2D eigenvalue weighted by molar-refractivity contribution is 0.297. The summed E-state index contributed by atoms with van der Waals surface area (Å²) >= 11 is 6.37. The largest absolute Gasteiger partial charge is 0.489 e. The molecule has 0 fully saturated rings. The van der Waals surface area contributed by atoms with Crippen LogP contribution in [0.15, 0.2) is 48.9 Å². The molecule has 0 radical (unpaired) electrons. The number of rotatable bonds is 4. The molecule has 0 aliphatic carbocycles. The van der Waals surface area contributed by atoms with E-state index in [4.69, 9.17) is 21.1 Å². The van der Waals surface area contributed by atoms with Crippen molar-refractivity contribution in [3.8, 4) is 22.8 Å². The summed E-state index contributed by atoms with van der Waals surface area (Å²) in [5.74, 6) is 1.38. The third kappa shape index (κ3) is 3.46. The zero-order chi connectivity index (χ0) is 17.1. The fourth-order valence-electron chi connectivity index (χ4n) is 2.93. The third-order valence-corrected chi connectivity index (χ3v) is 4.43. The van der Waals surface area contributed by atoms with Crippen LogP contribution in [0.1, 0.15) is 12.0 Å². The highest BCUT2D eigenvalue weighted by atomic mass is 35.5. The highest BCUT2D eigenvalue weighted by molar-refractivity contribution is 6.32. The average Bonchev–Trinajstić information content (AvgIpc) is 2.98. The van der Waals surface area contributed by atoms with Crippen molar-refractivity contribution in [2.75, 3.05) is 13.2 Å². The lowest BCUT2D eigenvalue weighted by Crippen LogP contribution is -2.05. The molecule has 0 atom stereocenters. The molecule has 6 heteroatoms. The van der Waals surface area contributed by atoms with E-state index in [2.05, 4.69) is 10.1 Å². The fraction of sp³-hybridized carbons (Fsp3) is 0.263. The molecule has 0 spiro atoms. The van der Waals surface area contributed by atoms with E-state index in [9.17, 15) is 0 Å². The van der Waals surface area contributed by atoms with Crippen molar-refractivity contribution in [1.29, 1.82) is 0 Å². The summed E-state index contributed by atoms with van der Waals surface area (Å²) in [4.78, 5) is 4.18. The Balaban J connectivity index is 1.54. The standard InChI is InChI=1S/C19H18ClN3O2/c20-16-11-14(12-18-19(16)25-10-2-9-24-18)5-8-23-17(4-7-22-23)15-3-1-6-21-13-15/h1,3-4,6-7,11-13H,2,5,8-10H2. The Hall–Kier alpha value is -2.53. The number of hydrogen-bond donors (Lipinski definition) is 0. The summed E-state index contributed by atoms with van der Waals surface area (Å²) in [6.45, 7) is 2.03. The maximum Gasteiger partial charge on any atom is 0.179 e. The number of fused-ring (bicyclic) bond motifs is 1. The third-order valence-electron chi connectivity index (χ3n) is 4.15. The minimum Gasteiger partial charge on any atom is -0.489 e. The molecule has 2 aromatic heterocycles. The van der Waals surface area contributed by atoms with Crippen molar-refractivity contribution in [3.05, 3.63) is 59.5 Å². The van der Waals surface area contributed by atoms with Gasteiger partial charge in [0, 0.05) is 37.1 Å². The molecule has 0 unspecified atom stereocenters. The average molecular weight is 356 g/mol. The van der Waals surface area contributed by atoms with Gasteiger partial charge in [-0.1, -0.05) is 11.6 Å². The number of ether oxygens (including phenoxy) is 2. The van der Waals surface area contributed by atoms with E-state index in [0.29, 0.717) is 24.0 Å². The Bertz CT molecular complexity index is 864. The molecule has 0 bridgehead atoms. The molecule has 25 heavy (non-hydrogen) atoms. The van der Waals surface area contributed by atoms with Gasteiger partial charge in [0.1, 0.15) is 0 Å². The Morgan fingerprint density at radius 1 is 1.12 bits per heavy atom. The predicted octanol–water partition coefficient (Wildman–Crippen LogP) is 4.00. The monoisotopic (exact) mass is 355 g/mol. The summed E-state index contributed by atoms with van der Waals surface area (Å²) in [6, 6.07) is 9.92. The van der Waals surface area contributed by atoms with Crippen LogP contribution in [-0.2, 0) is 13.0 Å². The van der Waals surface area contributed by atoms with Gasteiger partial charge in [-0.15, -0.1) is 0 Å². The summed E-state index contributed by atoms with van der Waals surface area (Å²) in [5.41, 5.74) is 3.20. The number of aromatic nitrogens is 3. The maximum absolute atomic E-state index is 6.37. The zero-order valence-corrected chi connectivity index (χ0v) is 14.4. The molecule has 1 aromatic carbocycles. The highest BCUT2D eigenvalue weighted by Gasteiger charge is 2.16. The van der Waals surface area contributed by atoms with Crippen LogP contribution in [0, 0.1) is 0 Å².